The molecule has 0 aliphatic rings. The molecule has 0 nitrogen and oxygen atoms in total. The fraction of sp³-hybridized carbons (Fsp3) is 0.333. The molecule has 1 aromatic heterocycles. The number of hydrogen-bond donors (Lipinski definition) is 0. The fourth-order valence-electron chi connectivity index (χ4n) is 0.755. The van der Waals surface area contributed by atoms with Crippen molar-refractivity contribution in [3.63, 3.8) is 0 Å². The van der Waals surface area contributed by atoms with Crippen molar-refractivity contribution < 1.29 is 64.3 Å². The van der Waals surface area contributed by atoms with Gasteiger partial charge in [0.1, 0.15) is 0 Å². The summed E-state index contributed by atoms with van der Waals surface area (Å²) in [5, 5.41) is 1.18. The summed E-state index contributed by atoms with van der Waals surface area (Å²) in [5.41, 5.74) is -0.466. The summed E-state index contributed by atoms with van der Waals surface area (Å²) < 4.78 is 36.0. The topological polar surface area (TPSA) is 0 Å². The van der Waals surface area contributed by atoms with Gasteiger partial charge in [-0.05, 0) is 11.8 Å². The van der Waals surface area contributed by atoms with E-state index < -0.39 is 12.4 Å². The van der Waals surface area contributed by atoms with Crippen LogP contribution in [0.3, 0.4) is 0 Å². The molecular formula is C6H7BF3KS. The predicted octanol–water partition coefficient (Wildman–Crippen LogP) is -0.631. The van der Waals surface area contributed by atoms with Gasteiger partial charge in [0.25, 0.3) is 0 Å². The van der Waals surface area contributed by atoms with Gasteiger partial charge in [0.05, 0.1) is 0 Å². The summed E-state index contributed by atoms with van der Waals surface area (Å²) in [6, 6.07) is 1.23. The van der Waals surface area contributed by atoms with Crippen LogP contribution in [0.2, 0.25) is 0 Å². The summed E-state index contributed by atoms with van der Waals surface area (Å²) in [6.07, 6.45) is 0.677. The van der Waals surface area contributed by atoms with Gasteiger partial charge in [-0.25, -0.2) is 0 Å². The average molecular weight is 218 g/mol. The van der Waals surface area contributed by atoms with Crippen molar-refractivity contribution in [3.05, 3.63) is 16.3 Å². The van der Waals surface area contributed by atoms with Crippen molar-refractivity contribution in [2.24, 2.45) is 0 Å². The Labute approximate surface area is 116 Å². The zero-order valence-electron chi connectivity index (χ0n) is 6.98. The molecule has 0 unspecified atom stereocenters. The van der Waals surface area contributed by atoms with E-state index in [1.165, 1.54) is 22.8 Å². The molecule has 0 aliphatic heterocycles. The molecule has 0 spiro atoms. The van der Waals surface area contributed by atoms with Gasteiger partial charge in [0.2, 0.25) is 0 Å². The second-order valence-corrected chi connectivity index (χ2v) is 3.27. The molecule has 6 heteroatoms. The number of halogens is 3. The second kappa shape index (κ2) is 5.17. The zero-order chi connectivity index (χ0) is 8.48. The van der Waals surface area contributed by atoms with E-state index in [2.05, 4.69) is 0 Å². The van der Waals surface area contributed by atoms with Gasteiger partial charge in [-0.2, -0.15) is 11.3 Å². The smallest absolute Gasteiger partial charge is 0.445 e. The van der Waals surface area contributed by atoms with Gasteiger partial charge in [-0.3, -0.25) is 0 Å². The second-order valence-electron chi connectivity index (χ2n) is 2.27. The van der Waals surface area contributed by atoms with E-state index in [-0.39, 0.29) is 51.4 Å². The quantitative estimate of drug-likeness (QED) is 0.580. The van der Waals surface area contributed by atoms with Crippen LogP contribution in [0.25, 0.3) is 0 Å². The van der Waals surface area contributed by atoms with E-state index in [9.17, 15) is 12.9 Å². The van der Waals surface area contributed by atoms with Crippen molar-refractivity contribution in [3.8, 4) is 0 Å². The maximum atomic E-state index is 12.0. The summed E-state index contributed by atoms with van der Waals surface area (Å²) in [6.45, 7) is -2.93. The van der Waals surface area contributed by atoms with Gasteiger partial charge < -0.3 is 12.9 Å². The van der Waals surface area contributed by atoms with E-state index in [4.69, 9.17) is 0 Å². The zero-order valence-corrected chi connectivity index (χ0v) is 10.9. The normalized spacial score (nSPS) is 11.0. The molecule has 12 heavy (non-hydrogen) atoms. The van der Waals surface area contributed by atoms with Gasteiger partial charge in [0.15, 0.2) is 0 Å². The Kier molecular flexibility index (Phi) is 5.68. The first-order valence-corrected chi connectivity index (χ1v) is 4.19. The molecule has 1 rings (SSSR count). The van der Waals surface area contributed by atoms with Crippen molar-refractivity contribution in [2.75, 3.05) is 0 Å². The van der Waals surface area contributed by atoms with E-state index in [1.807, 2.05) is 6.92 Å². The first-order chi connectivity index (χ1) is 5.04. The molecule has 0 bridgehead atoms. The predicted molar refractivity (Wildman–Crippen MR) is 42.4 cm³/mol. The third kappa shape index (κ3) is 3.51. The van der Waals surface area contributed by atoms with E-state index in [0.29, 0.717) is 6.42 Å². The van der Waals surface area contributed by atoms with Crippen LogP contribution in [0.1, 0.15) is 11.8 Å². The summed E-state index contributed by atoms with van der Waals surface area (Å²) >= 11 is 1.17. The molecule has 0 N–H and O–H groups in total. The molecular weight excluding hydrogens is 211 g/mol. The minimum Gasteiger partial charge on any atom is -0.445 e. The number of hydrogen-bond acceptors (Lipinski definition) is 1. The Balaban J connectivity index is 0.00000121. The molecule has 0 saturated heterocycles. The van der Waals surface area contributed by atoms with Gasteiger partial charge >= 0.3 is 58.4 Å². The first kappa shape index (κ1) is 13.2. The molecule has 62 valence electrons. The number of rotatable bonds is 2. The standard InChI is InChI=1S/C6H7BF3S.K/c1-2-6-3-5(4-11-6)7(8,9)10;/h3-4H,2H2,1H3;/q-1;+1. The summed E-state index contributed by atoms with van der Waals surface area (Å²) in [5.74, 6) is 0. The number of aryl methyl sites for hydroxylation is 1. The number of thiophene rings is 1. The monoisotopic (exact) mass is 218 g/mol. The molecule has 0 aliphatic carbocycles. The average Bonchev–Trinajstić information content (AvgIpc) is 2.32. The Bertz CT molecular complexity index is 245. The molecule has 0 saturated carbocycles. The van der Waals surface area contributed by atoms with Gasteiger partial charge in [0, 0.05) is 4.88 Å². The van der Waals surface area contributed by atoms with E-state index in [0.717, 1.165) is 4.88 Å². The van der Waals surface area contributed by atoms with E-state index >= 15 is 0 Å². The maximum absolute atomic E-state index is 12.0. The SMILES string of the molecule is CCc1cc([B-](F)(F)F)cs1.[K+]. The van der Waals surface area contributed by atoms with Crippen LogP contribution in [0.5, 0.6) is 0 Å². The van der Waals surface area contributed by atoms with Crippen LogP contribution in [-0.4, -0.2) is 6.98 Å². The maximum Gasteiger partial charge on any atom is 1.00 e. The molecule has 1 aromatic rings. The largest absolute Gasteiger partial charge is 1.00 e. The molecule has 0 fully saturated rings. The Morgan fingerprint density at radius 2 is 2.00 bits per heavy atom. The molecule has 0 radical (unpaired) electrons. The van der Waals surface area contributed by atoms with Crippen molar-refractivity contribution in [1.82, 2.24) is 0 Å². The minimum absolute atomic E-state index is 0. The van der Waals surface area contributed by atoms with Crippen LogP contribution in [0.4, 0.5) is 12.9 Å². The molecule has 1 heterocycles. The minimum atomic E-state index is -4.78. The third-order valence-electron chi connectivity index (χ3n) is 1.40. The van der Waals surface area contributed by atoms with Crippen molar-refractivity contribution in [2.45, 2.75) is 13.3 Å². The summed E-state index contributed by atoms with van der Waals surface area (Å²) in [4.78, 5) is 0.791. The first-order valence-electron chi connectivity index (χ1n) is 3.31. The van der Waals surface area contributed by atoms with Gasteiger partial charge in [-0.15, -0.1) is 0 Å². The fourth-order valence-corrected chi connectivity index (χ4v) is 1.64. The van der Waals surface area contributed by atoms with Crippen molar-refractivity contribution >= 4 is 23.8 Å². The van der Waals surface area contributed by atoms with Crippen LogP contribution in [-0.2, 0) is 6.42 Å². The van der Waals surface area contributed by atoms with Gasteiger partial charge in [-0.1, -0.05) is 18.5 Å². The van der Waals surface area contributed by atoms with Crippen molar-refractivity contribution in [1.29, 1.82) is 0 Å². The Morgan fingerprint density at radius 3 is 2.25 bits per heavy atom. The molecule has 0 atom stereocenters. The third-order valence-corrected chi connectivity index (χ3v) is 2.50. The van der Waals surface area contributed by atoms with Crippen LogP contribution >= 0.6 is 11.3 Å². The molecule has 0 aromatic carbocycles. The van der Waals surface area contributed by atoms with Crippen LogP contribution in [0, 0.1) is 0 Å². The van der Waals surface area contributed by atoms with E-state index in [1.54, 1.807) is 0 Å². The summed E-state index contributed by atoms with van der Waals surface area (Å²) in [7, 11) is 0. The Hall–Kier alpha value is 1.19. The Morgan fingerprint density at radius 1 is 1.42 bits per heavy atom. The van der Waals surface area contributed by atoms with Crippen LogP contribution in [0.15, 0.2) is 11.4 Å². The molecule has 0 amide bonds. The van der Waals surface area contributed by atoms with Crippen LogP contribution < -0.4 is 56.8 Å².